The third kappa shape index (κ3) is 2.42. The van der Waals surface area contributed by atoms with Crippen LogP contribution < -0.4 is 0 Å². The molecule has 0 aliphatic carbocycles. The third-order valence-corrected chi connectivity index (χ3v) is 1.80. The lowest BCUT2D eigenvalue weighted by atomic mass is 10.1. The third-order valence-electron chi connectivity index (χ3n) is 1.80. The molecule has 0 aliphatic heterocycles. The lowest BCUT2D eigenvalue weighted by Gasteiger charge is -1.99. The first-order chi connectivity index (χ1) is 7.56. The summed E-state index contributed by atoms with van der Waals surface area (Å²) >= 11 is 0. The van der Waals surface area contributed by atoms with E-state index in [-0.39, 0.29) is 0 Å². The van der Waals surface area contributed by atoms with E-state index in [0.717, 1.165) is 18.2 Å². The van der Waals surface area contributed by atoms with Crippen LogP contribution in [0.1, 0.15) is 15.9 Å². The van der Waals surface area contributed by atoms with Crippen molar-refractivity contribution in [1.29, 1.82) is 5.26 Å². The zero-order valence-corrected chi connectivity index (χ0v) is 7.95. The molecule has 16 heavy (non-hydrogen) atoms. The fourth-order valence-electron chi connectivity index (χ4n) is 1.12. The van der Waals surface area contributed by atoms with Gasteiger partial charge in [-0.1, -0.05) is 0 Å². The molecule has 1 aromatic carbocycles. The van der Waals surface area contributed by atoms with Gasteiger partial charge >= 0.3 is 5.97 Å². The number of benzene rings is 1. The van der Waals surface area contributed by atoms with Crippen LogP contribution >= 0.6 is 0 Å². The number of aromatic carboxylic acids is 1. The molecule has 80 valence electrons. The second-order valence-corrected chi connectivity index (χ2v) is 2.80. The van der Waals surface area contributed by atoms with Crippen LogP contribution in [0.2, 0.25) is 0 Å². The molecule has 0 aliphatic rings. The van der Waals surface area contributed by atoms with Crippen molar-refractivity contribution < 1.29 is 14.8 Å². The van der Waals surface area contributed by atoms with Crippen LogP contribution in [0.3, 0.4) is 0 Å². The molecule has 1 aromatic rings. The lowest BCUT2D eigenvalue weighted by Crippen LogP contribution is -2.02. The van der Waals surface area contributed by atoms with E-state index < -0.39 is 22.1 Å². The summed E-state index contributed by atoms with van der Waals surface area (Å²) in [5.74, 6) is -1.38. The average molecular weight is 218 g/mol. The zero-order valence-electron chi connectivity index (χ0n) is 7.95. The van der Waals surface area contributed by atoms with Gasteiger partial charge in [0, 0.05) is 12.1 Å². The van der Waals surface area contributed by atoms with Gasteiger partial charge in [-0.3, -0.25) is 10.1 Å². The number of carboxylic acids is 1. The molecule has 1 rings (SSSR count). The largest absolute Gasteiger partial charge is 0.477 e. The molecule has 6 heteroatoms. The normalized spacial score (nSPS) is 9.94. The van der Waals surface area contributed by atoms with E-state index in [9.17, 15) is 14.9 Å². The quantitative estimate of drug-likeness (QED) is 0.473. The summed E-state index contributed by atoms with van der Waals surface area (Å²) in [5.41, 5.74) is -0.448. The van der Waals surface area contributed by atoms with Gasteiger partial charge in [-0.2, -0.15) is 5.26 Å². The van der Waals surface area contributed by atoms with Crippen LogP contribution in [0.4, 0.5) is 5.69 Å². The highest BCUT2D eigenvalue weighted by molar-refractivity contribution is 5.93. The van der Waals surface area contributed by atoms with E-state index in [1.807, 2.05) is 0 Å². The summed E-state index contributed by atoms with van der Waals surface area (Å²) in [6.07, 6.45) is 2.53. The number of carbonyl (C=O) groups is 1. The maximum Gasteiger partial charge on any atom is 0.342 e. The maximum absolute atomic E-state index is 10.8. The zero-order chi connectivity index (χ0) is 12.1. The van der Waals surface area contributed by atoms with Crippen LogP contribution in [0.15, 0.2) is 24.3 Å². The number of nitro groups is 1. The van der Waals surface area contributed by atoms with Crippen molar-refractivity contribution in [3.63, 3.8) is 0 Å². The molecule has 1 N–H and O–H groups in total. The van der Waals surface area contributed by atoms with Gasteiger partial charge in [-0.25, -0.2) is 4.79 Å². The summed E-state index contributed by atoms with van der Waals surface area (Å²) < 4.78 is 0. The molecule has 0 spiro atoms. The van der Waals surface area contributed by atoms with Crippen molar-refractivity contribution in [2.24, 2.45) is 0 Å². The van der Waals surface area contributed by atoms with E-state index in [0.29, 0.717) is 5.56 Å². The van der Waals surface area contributed by atoms with Gasteiger partial charge in [0.2, 0.25) is 0 Å². The Bertz CT molecular complexity index is 514. The van der Waals surface area contributed by atoms with Gasteiger partial charge in [-0.05, 0) is 23.8 Å². The minimum atomic E-state index is -1.38. The predicted molar refractivity (Wildman–Crippen MR) is 54.7 cm³/mol. The van der Waals surface area contributed by atoms with Crippen LogP contribution in [0, 0.1) is 21.4 Å². The van der Waals surface area contributed by atoms with Crippen molar-refractivity contribution in [2.75, 3.05) is 0 Å². The number of hydrogen-bond acceptors (Lipinski definition) is 4. The Balaban J connectivity index is 3.29. The number of hydrogen-bond donors (Lipinski definition) is 1. The molecule has 0 heterocycles. The molecule has 0 unspecified atom stereocenters. The Hall–Kier alpha value is -2.68. The average Bonchev–Trinajstić information content (AvgIpc) is 2.25. The molecule has 0 amide bonds. The molecular weight excluding hydrogens is 212 g/mol. The van der Waals surface area contributed by atoms with E-state index in [2.05, 4.69) is 0 Å². The standard InChI is InChI=1S/C10H6N2O4/c11-5-1-2-7-3-4-9(12(15)16)8(6-7)10(13)14/h1-4,6H,(H,13,14). The van der Waals surface area contributed by atoms with Gasteiger partial charge in [0.1, 0.15) is 5.56 Å². The molecule has 0 saturated carbocycles. The van der Waals surface area contributed by atoms with E-state index in [1.54, 1.807) is 6.07 Å². The molecular formula is C10H6N2O4. The van der Waals surface area contributed by atoms with E-state index in [4.69, 9.17) is 10.4 Å². The minimum absolute atomic E-state index is 0.398. The summed E-state index contributed by atoms with van der Waals surface area (Å²) in [7, 11) is 0. The Morgan fingerprint density at radius 2 is 2.25 bits per heavy atom. The molecule has 0 bridgehead atoms. The van der Waals surface area contributed by atoms with Crippen LogP contribution in [0.5, 0.6) is 0 Å². The van der Waals surface area contributed by atoms with Gasteiger partial charge in [0.15, 0.2) is 0 Å². The number of allylic oxidation sites excluding steroid dienone is 1. The van der Waals surface area contributed by atoms with Crippen molar-refractivity contribution in [2.45, 2.75) is 0 Å². The van der Waals surface area contributed by atoms with Crippen LogP contribution in [-0.2, 0) is 0 Å². The molecule has 0 atom stereocenters. The van der Waals surface area contributed by atoms with Crippen molar-refractivity contribution >= 4 is 17.7 Å². The van der Waals surface area contributed by atoms with Crippen molar-refractivity contribution in [3.05, 3.63) is 45.5 Å². The van der Waals surface area contributed by atoms with E-state index in [1.165, 1.54) is 12.1 Å². The first kappa shape index (κ1) is 11.4. The number of carboxylic acid groups (broad SMARTS) is 1. The lowest BCUT2D eigenvalue weighted by molar-refractivity contribution is -0.385. The van der Waals surface area contributed by atoms with Crippen LogP contribution in [0.25, 0.3) is 6.08 Å². The Morgan fingerprint density at radius 3 is 2.75 bits per heavy atom. The topological polar surface area (TPSA) is 104 Å². The Kier molecular flexibility index (Phi) is 3.35. The highest BCUT2D eigenvalue weighted by atomic mass is 16.6. The molecule has 0 radical (unpaired) electrons. The number of nitriles is 1. The number of rotatable bonds is 3. The Labute approximate surface area is 90.2 Å². The van der Waals surface area contributed by atoms with Gasteiger partial charge in [0.25, 0.3) is 5.69 Å². The first-order valence-corrected chi connectivity index (χ1v) is 4.14. The monoisotopic (exact) mass is 218 g/mol. The summed E-state index contributed by atoms with van der Waals surface area (Å²) in [5, 5.41) is 27.6. The van der Waals surface area contributed by atoms with E-state index >= 15 is 0 Å². The minimum Gasteiger partial charge on any atom is -0.477 e. The molecule has 0 aromatic heterocycles. The maximum atomic E-state index is 10.8. The van der Waals surface area contributed by atoms with Gasteiger partial charge < -0.3 is 5.11 Å². The SMILES string of the molecule is N#CC=Cc1ccc([N+](=O)[O-])c(C(=O)O)c1. The van der Waals surface area contributed by atoms with Crippen molar-refractivity contribution in [3.8, 4) is 6.07 Å². The first-order valence-electron chi connectivity index (χ1n) is 4.14. The van der Waals surface area contributed by atoms with Gasteiger partial charge in [0.05, 0.1) is 11.0 Å². The predicted octanol–water partition coefficient (Wildman–Crippen LogP) is 1.83. The number of nitro benzene ring substituents is 1. The highest BCUT2D eigenvalue weighted by Gasteiger charge is 2.19. The fourth-order valence-corrected chi connectivity index (χ4v) is 1.12. The van der Waals surface area contributed by atoms with Gasteiger partial charge in [-0.15, -0.1) is 0 Å². The Morgan fingerprint density at radius 1 is 1.56 bits per heavy atom. The summed E-state index contributed by atoms with van der Waals surface area (Å²) in [6.45, 7) is 0. The summed E-state index contributed by atoms with van der Waals surface area (Å²) in [4.78, 5) is 20.5. The smallest absolute Gasteiger partial charge is 0.342 e. The highest BCUT2D eigenvalue weighted by Crippen LogP contribution is 2.20. The van der Waals surface area contributed by atoms with Crippen LogP contribution in [-0.4, -0.2) is 16.0 Å². The second-order valence-electron chi connectivity index (χ2n) is 2.80. The molecule has 0 saturated heterocycles. The molecule has 0 fully saturated rings. The second kappa shape index (κ2) is 4.70. The fraction of sp³-hybridized carbons (Fsp3) is 0. The number of nitrogens with zero attached hydrogens (tertiary/aromatic N) is 2. The summed E-state index contributed by atoms with van der Waals surface area (Å²) in [6, 6.07) is 5.36. The molecule has 6 nitrogen and oxygen atoms in total. The van der Waals surface area contributed by atoms with Crippen molar-refractivity contribution in [1.82, 2.24) is 0 Å².